The van der Waals surface area contributed by atoms with Crippen molar-refractivity contribution in [2.75, 3.05) is 0 Å². The van der Waals surface area contributed by atoms with Crippen LogP contribution in [0.5, 0.6) is 0 Å². The summed E-state index contributed by atoms with van der Waals surface area (Å²) in [5, 5.41) is 22.7. The topological polar surface area (TPSA) is 105 Å². The molecule has 8 rings (SSSR count). The van der Waals surface area contributed by atoms with Gasteiger partial charge in [0.2, 0.25) is 0 Å². The van der Waals surface area contributed by atoms with Crippen molar-refractivity contribution in [3.05, 3.63) is 169 Å². The summed E-state index contributed by atoms with van der Waals surface area (Å²) in [6.07, 6.45) is 11.1. The number of ketones is 2. The van der Waals surface area contributed by atoms with Crippen LogP contribution in [0.15, 0.2) is 157 Å². The number of unbranched alkanes of at least 4 members (excludes halogenated alkanes) is 1. The zero-order valence-electron chi connectivity index (χ0n) is 37.1. The summed E-state index contributed by atoms with van der Waals surface area (Å²) < 4.78 is 3.83. The van der Waals surface area contributed by atoms with Crippen LogP contribution in [0.25, 0.3) is 65.5 Å². The van der Waals surface area contributed by atoms with Crippen LogP contribution in [0.2, 0.25) is 0 Å². The molecule has 10 heteroatoms. The second-order valence-corrected chi connectivity index (χ2v) is 16.0. The molecule has 0 aliphatic heterocycles. The number of aromatic nitrogens is 3. The molecule has 0 saturated carbocycles. The molecule has 2 N–H and O–H groups in total. The zero-order chi connectivity index (χ0) is 44.4. The first-order valence-corrected chi connectivity index (χ1v) is 21.9. The molecule has 4 aromatic carbocycles. The molecule has 4 aromatic heterocycles. The fraction of sp³-hybridized carbons (Fsp3) is 0.222. The van der Waals surface area contributed by atoms with Gasteiger partial charge in [0.25, 0.3) is 0 Å². The van der Waals surface area contributed by atoms with Crippen LogP contribution in [0.3, 0.4) is 0 Å². The van der Waals surface area contributed by atoms with E-state index in [0.29, 0.717) is 5.92 Å². The number of fused-ring (bicyclic) bond motifs is 4. The van der Waals surface area contributed by atoms with E-state index in [-0.39, 0.29) is 63.3 Å². The number of carbonyl (C=O) groups is 2. The molecule has 0 aliphatic rings. The third-order valence-electron chi connectivity index (χ3n) is 10.0. The molecule has 0 spiro atoms. The van der Waals surface area contributed by atoms with E-state index in [1.807, 2.05) is 60.9 Å². The summed E-state index contributed by atoms with van der Waals surface area (Å²) in [7, 11) is 0. The summed E-state index contributed by atoms with van der Waals surface area (Å²) in [6.45, 7) is 11.4. The Labute approximate surface area is 408 Å². The third kappa shape index (κ3) is 15.4. The first-order valence-electron chi connectivity index (χ1n) is 21.0. The van der Waals surface area contributed by atoms with E-state index in [1.165, 1.54) is 109 Å². The maximum absolute atomic E-state index is 10.0. The first kappa shape index (κ1) is 53.0. The van der Waals surface area contributed by atoms with Crippen molar-refractivity contribution in [2.45, 2.75) is 73.8 Å². The number of carbonyl (C=O) groups excluding carboxylic acids is 2. The molecule has 1 atom stereocenters. The monoisotopic (exact) mass is 1230 g/mol. The molecular formula is C54H55Ir2N3O4S-2. The molecule has 1 unspecified atom stereocenters. The number of hydrogen-bond donors (Lipinski definition) is 2. The minimum Gasteiger partial charge on any atom is -0.512 e. The summed E-state index contributed by atoms with van der Waals surface area (Å²) in [5.41, 5.74) is 9.15. The Balaban J connectivity index is 0.000000289. The summed E-state index contributed by atoms with van der Waals surface area (Å²) in [5.74, 6) is 0.582. The number of rotatable bonds is 11. The minimum absolute atomic E-state index is 0. The Morgan fingerprint density at radius 3 is 1.98 bits per heavy atom. The average Bonchev–Trinajstić information content (AvgIpc) is 3.88. The number of nitrogens with zero attached hydrogens (tertiary/aromatic N) is 3. The molecule has 2 radical (unpaired) electrons. The second kappa shape index (κ2) is 27.1. The van der Waals surface area contributed by atoms with Gasteiger partial charge in [-0.3, -0.25) is 9.59 Å². The number of aliphatic hydroxyl groups excluding tert-OH is 2. The Kier molecular flexibility index (Phi) is 22.4. The van der Waals surface area contributed by atoms with Crippen LogP contribution in [0.4, 0.5) is 0 Å². The SMILES string of the molecule is CC(=O)C=C(C)O.CC(=O)C=C(C)O.CCCCC(CC)Cn1c2ccccc2c2ccc(-c3c[c-]c(-c4ccccn4)cc3)cc21.[Ir].[Ir].[c-]1ccccc1-c1nccc2sccc12. The number of thiophene rings is 1. The molecule has 0 bridgehead atoms. The number of benzene rings is 4. The molecule has 0 fully saturated rings. The van der Waals surface area contributed by atoms with Crippen LogP contribution < -0.4 is 0 Å². The fourth-order valence-electron chi connectivity index (χ4n) is 7.13. The molecular weight excluding hydrogens is 1170 g/mol. The van der Waals surface area contributed by atoms with Gasteiger partial charge >= 0.3 is 0 Å². The van der Waals surface area contributed by atoms with Gasteiger partial charge in [-0.2, -0.15) is 0 Å². The quantitative estimate of drug-likeness (QED) is 0.0759. The molecule has 7 nitrogen and oxygen atoms in total. The normalized spacial score (nSPS) is 11.4. The number of pyridine rings is 2. The second-order valence-electron chi connectivity index (χ2n) is 15.0. The van der Waals surface area contributed by atoms with E-state index in [4.69, 9.17) is 10.2 Å². The maximum Gasteiger partial charge on any atom is 0.155 e. The molecule has 0 saturated heterocycles. The Morgan fingerprint density at radius 1 is 0.703 bits per heavy atom. The number of allylic oxidation sites excluding steroid dienone is 4. The van der Waals surface area contributed by atoms with Gasteiger partial charge in [0.1, 0.15) is 0 Å². The van der Waals surface area contributed by atoms with Crippen LogP contribution in [-0.4, -0.2) is 36.3 Å². The van der Waals surface area contributed by atoms with Gasteiger partial charge in [-0.05, 0) is 86.5 Å². The molecule has 4 heterocycles. The first-order chi connectivity index (χ1) is 30.0. The van der Waals surface area contributed by atoms with Crippen LogP contribution in [0.1, 0.15) is 67.2 Å². The van der Waals surface area contributed by atoms with E-state index in [2.05, 4.69) is 113 Å². The molecule has 0 aliphatic carbocycles. The van der Waals surface area contributed by atoms with E-state index in [0.717, 1.165) is 29.1 Å². The summed E-state index contributed by atoms with van der Waals surface area (Å²) >= 11 is 1.74. The van der Waals surface area contributed by atoms with Crippen molar-refractivity contribution in [2.24, 2.45) is 5.92 Å². The van der Waals surface area contributed by atoms with Gasteiger partial charge in [-0.25, -0.2) is 0 Å². The predicted octanol–water partition coefficient (Wildman–Crippen LogP) is 14.4. The van der Waals surface area contributed by atoms with Gasteiger partial charge in [0, 0.05) is 97.8 Å². The Morgan fingerprint density at radius 2 is 1.39 bits per heavy atom. The smallest absolute Gasteiger partial charge is 0.155 e. The van der Waals surface area contributed by atoms with E-state index in [9.17, 15) is 9.59 Å². The van der Waals surface area contributed by atoms with Crippen LogP contribution in [-0.2, 0) is 56.3 Å². The number of hydrogen-bond acceptors (Lipinski definition) is 7. The van der Waals surface area contributed by atoms with Crippen molar-refractivity contribution in [3.8, 4) is 33.6 Å². The Bertz CT molecular complexity index is 2710. The standard InChI is InChI=1S/C31H31N2.C13H8NS.2C5H8O2.2Ir/c1-3-5-10-23(4-2)22-33-30-13-7-6-11-27(30)28-19-18-26(21-31(28)33)24-14-16-25(17-15-24)29-12-8-9-20-32-29;1-2-4-10(5-3-1)13-11-7-9-15-12(11)6-8-14-13;2*1-4(6)3-5(2)7;;/h6-9,11-16,18-21,23H,3-5,10,22H2,1-2H3;1-4,6-9H;2*3,6H,1-2H3;;/q2*-1;;;;. The van der Waals surface area contributed by atoms with Gasteiger partial charge in [-0.1, -0.05) is 92.8 Å². The molecule has 0 amide bonds. The van der Waals surface area contributed by atoms with E-state index < -0.39 is 0 Å². The maximum atomic E-state index is 10.0. The van der Waals surface area contributed by atoms with Crippen molar-refractivity contribution in [1.82, 2.24) is 14.5 Å². The molecule has 336 valence electrons. The molecule has 8 aromatic rings. The van der Waals surface area contributed by atoms with Crippen molar-refractivity contribution < 1.29 is 60.0 Å². The van der Waals surface area contributed by atoms with Gasteiger partial charge < -0.3 is 24.7 Å². The largest absolute Gasteiger partial charge is 0.512 e. The fourth-order valence-corrected chi connectivity index (χ4v) is 7.91. The van der Waals surface area contributed by atoms with Gasteiger partial charge in [0.05, 0.1) is 11.5 Å². The zero-order valence-corrected chi connectivity index (χ0v) is 42.7. The average molecular weight is 1230 g/mol. The molecule has 64 heavy (non-hydrogen) atoms. The summed E-state index contributed by atoms with van der Waals surface area (Å²) in [4.78, 5) is 28.9. The summed E-state index contributed by atoms with van der Waals surface area (Å²) in [6, 6.07) is 46.9. The minimum atomic E-state index is -0.125. The van der Waals surface area contributed by atoms with Crippen LogP contribution >= 0.6 is 11.3 Å². The van der Waals surface area contributed by atoms with Crippen molar-refractivity contribution in [3.63, 3.8) is 0 Å². The Hall–Kier alpha value is -5.34. The van der Waals surface area contributed by atoms with Crippen molar-refractivity contribution in [1.29, 1.82) is 0 Å². The van der Waals surface area contributed by atoms with Gasteiger partial charge in [-0.15, -0.1) is 77.1 Å². The van der Waals surface area contributed by atoms with Gasteiger partial charge in [0.15, 0.2) is 11.6 Å². The van der Waals surface area contributed by atoms with E-state index >= 15 is 0 Å². The van der Waals surface area contributed by atoms with E-state index in [1.54, 1.807) is 11.3 Å². The third-order valence-corrected chi connectivity index (χ3v) is 10.9. The number of para-hydroxylation sites is 1. The number of aliphatic hydroxyl groups is 2. The van der Waals surface area contributed by atoms with Crippen LogP contribution in [0, 0.1) is 18.1 Å². The van der Waals surface area contributed by atoms with Crippen molar-refractivity contribution >= 4 is 54.8 Å². The predicted molar refractivity (Wildman–Crippen MR) is 258 cm³/mol.